The predicted octanol–water partition coefficient (Wildman–Crippen LogP) is 0.854. The summed E-state index contributed by atoms with van der Waals surface area (Å²) in [7, 11) is 0. The molecule has 0 aromatic carbocycles. The maximum Gasteiger partial charge on any atom is 0.315 e. The van der Waals surface area contributed by atoms with E-state index in [1.165, 1.54) is 0 Å². The Labute approximate surface area is 72.9 Å². The van der Waals surface area contributed by atoms with Gasteiger partial charge in [0.25, 0.3) is 0 Å². The monoisotopic (exact) mass is 169 g/mol. The molecule has 0 aliphatic rings. The number of nitrogens with one attached hydrogen (secondary N) is 2. The Morgan fingerprint density at radius 2 is 2.08 bits per heavy atom. The van der Waals surface area contributed by atoms with E-state index < -0.39 is 0 Å². The van der Waals surface area contributed by atoms with E-state index in [1.54, 1.807) is 6.92 Å². The number of nitriles is 1. The van der Waals surface area contributed by atoms with Crippen molar-refractivity contribution < 1.29 is 4.79 Å². The van der Waals surface area contributed by atoms with Gasteiger partial charge in [-0.15, -0.1) is 0 Å². The summed E-state index contributed by atoms with van der Waals surface area (Å²) in [6.07, 6.45) is 0. The molecule has 0 aliphatic heterocycles. The van der Waals surface area contributed by atoms with Crippen molar-refractivity contribution in [3.8, 4) is 6.07 Å². The van der Waals surface area contributed by atoms with Gasteiger partial charge in [-0.05, 0) is 20.8 Å². The first-order chi connectivity index (χ1) is 5.56. The fourth-order valence-electron chi connectivity index (χ4n) is 0.605. The van der Waals surface area contributed by atoms with Crippen molar-refractivity contribution in [2.45, 2.75) is 26.8 Å². The molecule has 0 fully saturated rings. The topological polar surface area (TPSA) is 64.9 Å². The average molecular weight is 169 g/mol. The van der Waals surface area contributed by atoms with Gasteiger partial charge in [0.2, 0.25) is 0 Å². The average Bonchev–Trinajstić information content (AvgIpc) is 1.99. The lowest BCUT2D eigenvalue weighted by Crippen LogP contribution is -2.40. The van der Waals surface area contributed by atoms with Gasteiger partial charge in [-0.25, -0.2) is 4.79 Å². The lowest BCUT2D eigenvalue weighted by atomic mass is 10.2. The molecule has 0 aromatic rings. The summed E-state index contributed by atoms with van der Waals surface area (Å²) in [5.74, 6) is -0.136. The molecule has 0 saturated carbocycles. The molecule has 0 bridgehead atoms. The number of hydrogen-bond acceptors (Lipinski definition) is 2. The Kier molecular flexibility index (Phi) is 4.86. The van der Waals surface area contributed by atoms with Gasteiger partial charge in [0.05, 0.1) is 12.0 Å². The van der Waals surface area contributed by atoms with Crippen LogP contribution >= 0.6 is 0 Å². The molecule has 0 aliphatic carbocycles. The second-order valence-electron chi connectivity index (χ2n) is 3.04. The number of rotatable bonds is 3. The summed E-state index contributed by atoms with van der Waals surface area (Å²) in [6.45, 7) is 5.92. The van der Waals surface area contributed by atoms with Crippen LogP contribution in [0.1, 0.15) is 20.8 Å². The Hall–Kier alpha value is -1.24. The van der Waals surface area contributed by atoms with E-state index in [4.69, 9.17) is 5.26 Å². The van der Waals surface area contributed by atoms with Crippen molar-refractivity contribution in [1.29, 1.82) is 5.26 Å². The lowest BCUT2D eigenvalue weighted by Gasteiger charge is -2.10. The molecular weight excluding hydrogens is 154 g/mol. The van der Waals surface area contributed by atoms with Crippen LogP contribution in [0.25, 0.3) is 0 Å². The molecule has 4 nitrogen and oxygen atoms in total. The van der Waals surface area contributed by atoms with Crippen molar-refractivity contribution in [2.24, 2.45) is 5.92 Å². The summed E-state index contributed by atoms with van der Waals surface area (Å²) >= 11 is 0. The van der Waals surface area contributed by atoms with Gasteiger partial charge in [-0.1, -0.05) is 0 Å². The highest BCUT2D eigenvalue weighted by Gasteiger charge is 2.04. The van der Waals surface area contributed by atoms with Crippen LogP contribution in [0.2, 0.25) is 0 Å². The molecule has 0 radical (unpaired) electrons. The molecule has 12 heavy (non-hydrogen) atoms. The van der Waals surface area contributed by atoms with E-state index in [2.05, 4.69) is 10.6 Å². The van der Waals surface area contributed by atoms with E-state index in [0.29, 0.717) is 6.54 Å². The van der Waals surface area contributed by atoms with Gasteiger partial charge in [0.1, 0.15) is 0 Å². The number of urea groups is 1. The van der Waals surface area contributed by atoms with Gasteiger partial charge in [-0.2, -0.15) is 5.26 Å². The Bertz CT molecular complexity index is 183. The quantitative estimate of drug-likeness (QED) is 0.658. The van der Waals surface area contributed by atoms with Gasteiger partial charge >= 0.3 is 6.03 Å². The molecule has 1 atom stereocenters. The van der Waals surface area contributed by atoms with E-state index in [9.17, 15) is 4.79 Å². The minimum Gasteiger partial charge on any atom is -0.337 e. The molecule has 4 heteroatoms. The minimum atomic E-state index is -0.216. The van der Waals surface area contributed by atoms with Crippen molar-refractivity contribution in [3.63, 3.8) is 0 Å². The van der Waals surface area contributed by atoms with Crippen LogP contribution in [0.5, 0.6) is 0 Å². The maximum absolute atomic E-state index is 10.9. The van der Waals surface area contributed by atoms with Crippen molar-refractivity contribution in [1.82, 2.24) is 10.6 Å². The third kappa shape index (κ3) is 5.54. The smallest absolute Gasteiger partial charge is 0.315 e. The van der Waals surface area contributed by atoms with Crippen LogP contribution in [-0.4, -0.2) is 18.6 Å². The molecule has 0 saturated heterocycles. The first-order valence-corrected chi connectivity index (χ1v) is 4.00. The van der Waals surface area contributed by atoms with Crippen LogP contribution < -0.4 is 10.6 Å². The molecule has 0 rings (SSSR count). The van der Waals surface area contributed by atoms with Gasteiger partial charge < -0.3 is 10.6 Å². The van der Waals surface area contributed by atoms with Crippen LogP contribution in [0.4, 0.5) is 4.79 Å². The highest BCUT2D eigenvalue weighted by atomic mass is 16.2. The zero-order chi connectivity index (χ0) is 9.56. The molecule has 2 amide bonds. The summed E-state index contributed by atoms with van der Waals surface area (Å²) in [5, 5.41) is 13.7. The third-order valence-corrected chi connectivity index (χ3v) is 1.21. The van der Waals surface area contributed by atoms with Crippen LogP contribution in [0.15, 0.2) is 0 Å². The van der Waals surface area contributed by atoms with E-state index >= 15 is 0 Å². The van der Waals surface area contributed by atoms with Crippen molar-refractivity contribution in [3.05, 3.63) is 0 Å². The standard InChI is InChI=1S/C8H15N3O/c1-6(2)11-8(12)10-5-7(3)4-9/h6-7H,5H2,1-3H3,(H2,10,11,12)/t7-/m0/s1. The predicted molar refractivity (Wildman–Crippen MR) is 46.4 cm³/mol. The minimum absolute atomic E-state index is 0.127. The third-order valence-electron chi connectivity index (χ3n) is 1.21. The fraction of sp³-hybridized carbons (Fsp3) is 0.750. The molecule has 0 heterocycles. The van der Waals surface area contributed by atoms with E-state index in [0.717, 1.165) is 0 Å². The number of amides is 2. The van der Waals surface area contributed by atoms with Crippen molar-refractivity contribution in [2.75, 3.05) is 6.54 Å². The number of hydrogen-bond donors (Lipinski definition) is 2. The second-order valence-corrected chi connectivity index (χ2v) is 3.04. The summed E-state index contributed by atoms with van der Waals surface area (Å²) in [6, 6.07) is 1.94. The number of nitrogens with zero attached hydrogens (tertiary/aromatic N) is 1. The van der Waals surface area contributed by atoms with Crippen LogP contribution in [-0.2, 0) is 0 Å². The highest BCUT2D eigenvalue weighted by molar-refractivity contribution is 5.74. The molecule has 2 N–H and O–H groups in total. The van der Waals surface area contributed by atoms with E-state index in [1.807, 2.05) is 19.9 Å². The van der Waals surface area contributed by atoms with Crippen LogP contribution in [0, 0.1) is 17.2 Å². The first-order valence-electron chi connectivity index (χ1n) is 4.00. The Morgan fingerprint density at radius 1 is 1.50 bits per heavy atom. The molecule has 68 valence electrons. The summed E-state index contributed by atoms with van der Waals surface area (Å²) in [5.41, 5.74) is 0. The molecular formula is C8H15N3O. The Morgan fingerprint density at radius 3 is 2.50 bits per heavy atom. The summed E-state index contributed by atoms with van der Waals surface area (Å²) in [4.78, 5) is 10.9. The maximum atomic E-state index is 10.9. The zero-order valence-corrected chi connectivity index (χ0v) is 7.72. The van der Waals surface area contributed by atoms with E-state index in [-0.39, 0.29) is 18.0 Å². The number of carbonyl (C=O) groups is 1. The zero-order valence-electron chi connectivity index (χ0n) is 7.72. The van der Waals surface area contributed by atoms with Crippen molar-refractivity contribution >= 4 is 6.03 Å². The molecule has 0 aromatic heterocycles. The molecule has 0 spiro atoms. The Balaban J connectivity index is 3.52. The van der Waals surface area contributed by atoms with Gasteiger partial charge in [-0.3, -0.25) is 0 Å². The summed E-state index contributed by atoms with van der Waals surface area (Å²) < 4.78 is 0. The van der Waals surface area contributed by atoms with Gasteiger partial charge in [0, 0.05) is 12.6 Å². The molecule has 0 unspecified atom stereocenters. The van der Waals surface area contributed by atoms with Crippen LogP contribution in [0.3, 0.4) is 0 Å². The normalized spacial score (nSPS) is 11.9. The number of carbonyl (C=O) groups excluding carboxylic acids is 1. The fourth-order valence-corrected chi connectivity index (χ4v) is 0.605. The largest absolute Gasteiger partial charge is 0.337 e. The highest BCUT2D eigenvalue weighted by Crippen LogP contribution is 1.87. The SMILES string of the molecule is CC(C)NC(=O)NC[C@@H](C)C#N. The second kappa shape index (κ2) is 5.42. The lowest BCUT2D eigenvalue weighted by molar-refractivity contribution is 0.238. The van der Waals surface area contributed by atoms with Gasteiger partial charge in [0.15, 0.2) is 0 Å². The first kappa shape index (κ1) is 10.8.